The maximum absolute atomic E-state index is 14.5. The summed E-state index contributed by atoms with van der Waals surface area (Å²) in [5, 5.41) is 16.1. The van der Waals surface area contributed by atoms with Gasteiger partial charge in [-0.15, -0.1) is 5.10 Å². The lowest BCUT2D eigenvalue weighted by Crippen LogP contribution is -2.48. The Kier molecular flexibility index (Phi) is 6.49. The van der Waals surface area contributed by atoms with Crippen LogP contribution in [0.25, 0.3) is 17.4 Å². The number of hydrogen-bond acceptors (Lipinski definition) is 11. The van der Waals surface area contributed by atoms with Crippen LogP contribution in [-0.4, -0.2) is 86.4 Å². The zero-order chi connectivity index (χ0) is 25.1. The van der Waals surface area contributed by atoms with Crippen LogP contribution >= 0.6 is 0 Å². The number of nitrogen functional groups attached to an aromatic ring is 1. The molecule has 0 atom stereocenters. The molecule has 3 aromatic heterocycles. The van der Waals surface area contributed by atoms with Crippen LogP contribution in [0.1, 0.15) is 0 Å². The number of nitrogens with zero attached hydrogens (tertiary/aromatic N) is 7. The van der Waals surface area contributed by atoms with Crippen molar-refractivity contribution < 1.29 is 23.4 Å². The second-order valence-electron chi connectivity index (χ2n) is 8.08. The molecule has 0 aliphatic carbocycles. The van der Waals surface area contributed by atoms with Gasteiger partial charge in [0.25, 0.3) is 5.78 Å². The Morgan fingerprint density at radius 2 is 2.03 bits per heavy atom. The van der Waals surface area contributed by atoms with Crippen LogP contribution in [0, 0.1) is 5.82 Å². The average molecular weight is 497 g/mol. The van der Waals surface area contributed by atoms with Crippen LogP contribution in [0.3, 0.4) is 0 Å². The van der Waals surface area contributed by atoms with Gasteiger partial charge in [0.1, 0.15) is 11.6 Å². The van der Waals surface area contributed by atoms with Crippen LogP contribution in [0.15, 0.2) is 41.0 Å². The van der Waals surface area contributed by atoms with Gasteiger partial charge in [-0.1, -0.05) is 0 Å². The van der Waals surface area contributed by atoms with Crippen LogP contribution in [0.2, 0.25) is 0 Å². The highest BCUT2D eigenvalue weighted by molar-refractivity contribution is 5.68. The third-order valence-electron chi connectivity index (χ3n) is 5.68. The molecule has 1 aliphatic rings. The number of halogens is 1. The molecule has 1 saturated heterocycles. The monoisotopic (exact) mass is 497 g/mol. The largest absolute Gasteiger partial charge is 0.482 e. The number of carbonyl (C=O) groups is 1. The molecule has 0 amide bonds. The highest BCUT2D eigenvalue weighted by Gasteiger charge is 2.20. The fourth-order valence-corrected chi connectivity index (χ4v) is 3.91. The molecular weight excluding hydrogens is 473 g/mol. The van der Waals surface area contributed by atoms with Crippen LogP contribution in [-0.2, 0) is 4.79 Å². The van der Waals surface area contributed by atoms with E-state index < -0.39 is 18.4 Å². The van der Waals surface area contributed by atoms with Crippen LogP contribution in [0.4, 0.5) is 22.0 Å². The van der Waals surface area contributed by atoms with Crippen molar-refractivity contribution in [2.75, 3.05) is 61.8 Å². The van der Waals surface area contributed by atoms with Gasteiger partial charge in [-0.2, -0.15) is 19.5 Å². The first-order valence-corrected chi connectivity index (χ1v) is 11.3. The van der Waals surface area contributed by atoms with Crippen molar-refractivity contribution in [2.24, 2.45) is 0 Å². The van der Waals surface area contributed by atoms with Gasteiger partial charge in [0, 0.05) is 45.3 Å². The molecule has 1 aliphatic heterocycles. The minimum absolute atomic E-state index is 0.155. The lowest BCUT2D eigenvalue weighted by molar-refractivity contribution is -0.139. The standard InChI is InChI=1S/C22H24FN9O4/c23-15-12-14(36-13-18(33)34)3-4-16(15)31-9-7-30(8-10-31)6-5-25-21-27-20(24)32-22(28-21)26-19(29-32)17-2-1-11-35-17/h1-4,11-12H,5-10,13H2,(H,33,34)(H3,24,25,26,27,28,29). The molecule has 5 rings (SSSR count). The highest BCUT2D eigenvalue weighted by Crippen LogP contribution is 2.25. The summed E-state index contributed by atoms with van der Waals surface area (Å²) >= 11 is 0. The number of aliphatic carboxylic acids is 1. The molecule has 4 heterocycles. The third-order valence-corrected chi connectivity index (χ3v) is 5.68. The molecule has 36 heavy (non-hydrogen) atoms. The van der Waals surface area contributed by atoms with Crippen molar-refractivity contribution in [3.05, 3.63) is 42.4 Å². The van der Waals surface area contributed by atoms with Gasteiger partial charge in [0.05, 0.1) is 12.0 Å². The highest BCUT2D eigenvalue weighted by atomic mass is 19.1. The minimum atomic E-state index is -1.11. The topological polar surface area (TPSA) is 160 Å². The van der Waals surface area contributed by atoms with E-state index >= 15 is 0 Å². The third kappa shape index (κ3) is 5.12. The predicted octanol–water partition coefficient (Wildman–Crippen LogP) is 1.20. The van der Waals surface area contributed by atoms with Gasteiger partial charge < -0.3 is 30.2 Å². The van der Waals surface area contributed by atoms with E-state index in [0.29, 0.717) is 48.6 Å². The first-order chi connectivity index (χ1) is 17.5. The first-order valence-electron chi connectivity index (χ1n) is 11.3. The molecule has 0 radical (unpaired) electrons. The number of nitrogens with one attached hydrogen (secondary N) is 1. The Balaban J connectivity index is 1.12. The second-order valence-corrected chi connectivity index (χ2v) is 8.08. The Morgan fingerprint density at radius 1 is 1.19 bits per heavy atom. The number of rotatable bonds is 9. The van der Waals surface area contributed by atoms with Crippen LogP contribution in [0.5, 0.6) is 5.75 Å². The molecular formula is C22H24FN9O4. The number of aromatic nitrogens is 5. The van der Waals surface area contributed by atoms with E-state index in [1.807, 2.05) is 4.90 Å². The molecule has 0 spiro atoms. The van der Waals surface area contributed by atoms with Gasteiger partial charge in [0.15, 0.2) is 12.4 Å². The van der Waals surface area contributed by atoms with E-state index in [-0.39, 0.29) is 11.7 Å². The summed E-state index contributed by atoms with van der Waals surface area (Å²) in [6, 6.07) is 7.90. The number of carboxylic acid groups (broad SMARTS) is 1. The van der Waals surface area contributed by atoms with E-state index in [1.54, 1.807) is 24.3 Å². The Labute approximate surface area is 204 Å². The smallest absolute Gasteiger partial charge is 0.341 e. The molecule has 1 fully saturated rings. The summed E-state index contributed by atoms with van der Waals surface area (Å²) in [6.45, 7) is 3.60. The van der Waals surface area contributed by atoms with Gasteiger partial charge in [-0.05, 0) is 24.3 Å². The van der Waals surface area contributed by atoms with E-state index in [1.165, 1.54) is 16.8 Å². The average Bonchev–Trinajstić information content (AvgIpc) is 3.54. The first kappa shape index (κ1) is 23.3. The number of ether oxygens (including phenoxy) is 1. The molecule has 0 saturated carbocycles. The molecule has 4 aromatic rings. The second kappa shape index (κ2) is 10.0. The number of anilines is 3. The van der Waals surface area contributed by atoms with Crippen molar-refractivity contribution in [1.82, 2.24) is 29.5 Å². The molecule has 0 unspecified atom stereocenters. The summed E-state index contributed by atoms with van der Waals surface area (Å²) in [6.07, 6.45) is 1.54. The summed E-state index contributed by atoms with van der Waals surface area (Å²) in [7, 11) is 0. The van der Waals surface area contributed by atoms with E-state index in [4.69, 9.17) is 20.0 Å². The van der Waals surface area contributed by atoms with Crippen molar-refractivity contribution in [3.8, 4) is 17.3 Å². The SMILES string of the molecule is Nc1nc(NCCN2CCN(c3ccc(OCC(=O)O)cc3F)CC2)nc2nc(-c3ccco3)nn12. The summed E-state index contributed by atoms with van der Waals surface area (Å²) < 4.78 is 26.2. The normalized spacial score (nSPS) is 14.3. The Bertz CT molecular complexity index is 1350. The quantitative estimate of drug-likeness (QED) is 0.304. The van der Waals surface area contributed by atoms with E-state index in [2.05, 4.69) is 30.3 Å². The Hall–Kier alpha value is -4.46. The number of fused-ring (bicyclic) bond motifs is 1. The molecule has 4 N–H and O–H groups in total. The lowest BCUT2D eigenvalue weighted by Gasteiger charge is -2.36. The van der Waals surface area contributed by atoms with Gasteiger partial charge in [-0.25, -0.2) is 9.18 Å². The number of benzene rings is 1. The number of carboxylic acids is 1. The number of hydrogen-bond donors (Lipinski definition) is 3. The molecule has 14 heteroatoms. The summed E-state index contributed by atoms with van der Waals surface area (Å²) in [5.41, 5.74) is 6.49. The summed E-state index contributed by atoms with van der Waals surface area (Å²) in [4.78, 5) is 27.8. The Morgan fingerprint density at radius 3 is 2.75 bits per heavy atom. The maximum Gasteiger partial charge on any atom is 0.341 e. The fraction of sp³-hybridized carbons (Fsp3) is 0.318. The van der Waals surface area contributed by atoms with E-state index in [0.717, 1.165) is 19.6 Å². The molecule has 188 valence electrons. The van der Waals surface area contributed by atoms with Gasteiger partial charge in [0.2, 0.25) is 17.7 Å². The molecule has 0 bridgehead atoms. The van der Waals surface area contributed by atoms with E-state index in [9.17, 15) is 9.18 Å². The molecule has 13 nitrogen and oxygen atoms in total. The summed E-state index contributed by atoms with van der Waals surface area (Å²) in [5.74, 6) is 0.331. The van der Waals surface area contributed by atoms with Crippen molar-refractivity contribution >= 4 is 29.3 Å². The maximum atomic E-state index is 14.5. The van der Waals surface area contributed by atoms with Crippen molar-refractivity contribution in [3.63, 3.8) is 0 Å². The fourth-order valence-electron chi connectivity index (χ4n) is 3.91. The van der Waals surface area contributed by atoms with Gasteiger partial charge >= 0.3 is 5.97 Å². The zero-order valence-electron chi connectivity index (χ0n) is 19.2. The van der Waals surface area contributed by atoms with Crippen LogP contribution < -0.4 is 20.7 Å². The number of furan rings is 1. The predicted molar refractivity (Wildman–Crippen MR) is 127 cm³/mol. The lowest BCUT2D eigenvalue weighted by atomic mass is 10.2. The van der Waals surface area contributed by atoms with Crippen molar-refractivity contribution in [2.45, 2.75) is 0 Å². The number of piperazine rings is 1. The van der Waals surface area contributed by atoms with Crippen molar-refractivity contribution in [1.29, 1.82) is 0 Å². The minimum Gasteiger partial charge on any atom is -0.482 e. The molecule has 1 aromatic carbocycles. The zero-order valence-corrected chi connectivity index (χ0v) is 19.2. The number of nitrogens with two attached hydrogens (primary N) is 1. The van der Waals surface area contributed by atoms with Gasteiger partial charge in [-0.3, -0.25) is 4.90 Å².